The van der Waals surface area contributed by atoms with E-state index in [4.69, 9.17) is 21.1 Å². The van der Waals surface area contributed by atoms with E-state index in [1.54, 1.807) is 17.7 Å². The summed E-state index contributed by atoms with van der Waals surface area (Å²) in [6.07, 6.45) is -0.880. The summed E-state index contributed by atoms with van der Waals surface area (Å²) in [5, 5.41) is 9.79. The number of pyridine rings is 2. The molecule has 4 aromatic heterocycles. The van der Waals surface area contributed by atoms with Crippen LogP contribution in [0, 0.1) is 0 Å². The van der Waals surface area contributed by atoms with E-state index in [9.17, 15) is 18.0 Å². The number of halogens is 4. The van der Waals surface area contributed by atoms with Crippen molar-refractivity contribution in [3.05, 3.63) is 41.3 Å². The van der Waals surface area contributed by atoms with Crippen LogP contribution in [0.4, 0.5) is 30.8 Å². The largest absolute Gasteiger partial charge is 0.454 e. The van der Waals surface area contributed by atoms with E-state index < -0.39 is 17.9 Å². The Kier molecular flexibility index (Phi) is 6.84. The van der Waals surface area contributed by atoms with Crippen molar-refractivity contribution in [2.45, 2.75) is 32.0 Å². The number of nitrogens with zero attached hydrogens (tertiary/aromatic N) is 6. The number of carbonyl (C=O) groups excluding carboxylic acids is 1. The standard InChI is InChI=1S/C23H22ClF3N8O3/c1-12(36)30-17-9-14(3-6-28-17)38-15-11-29-21-20(19(15)24)34(2)22(32-21)31-18-10-16(23(25,26)27)35(33-18)13-4-7-37-8-5-13/h3,6,9-11,13H,4-5,7-8H2,1-2H3,(H,28,30,36)(H,29,31,32,33). The van der Waals surface area contributed by atoms with Crippen molar-refractivity contribution >= 4 is 46.3 Å². The first-order chi connectivity index (χ1) is 18.1. The van der Waals surface area contributed by atoms with E-state index in [1.807, 2.05) is 0 Å². The molecule has 200 valence electrons. The third kappa shape index (κ3) is 5.22. The second-order valence-corrected chi connectivity index (χ2v) is 8.97. The number of aromatic nitrogens is 6. The molecule has 2 N–H and O–H groups in total. The Morgan fingerprint density at radius 3 is 2.68 bits per heavy atom. The Bertz CT molecular complexity index is 1500. The highest BCUT2D eigenvalue weighted by Gasteiger charge is 2.38. The lowest BCUT2D eigenvalue weighted by molar-refractivity contribution is -0.145. The van der Waals surface area contributed by atoms with Crippen LogP contribution in [0.1, 0.15) is 31.5 Å². The molecule has 0 radical (unpaired) electrons. The number of nitrogens with one attached hydrogen (secondary N) is 2. The molecule has 15 heteroatoms. The minimum absolute atomic E-state index is 0.0166. The molecule has 4 aromatic rings. The molecule has 0 atom stereocenters. The third-order valence-electron chi connectivity index (χ3n) is 5.87. The predicted octanol–water partition coefficient (Wildman–Crippen LogP) is 5.08. The van der Waals surface area contributed by atoms with Crippen LogP contribution >= 0.6 is 11.6 Å². The Morgan fingerprint density at radius 1 is 1.21 bits per heavy atom. The average molecular weight is 551 g/mol. The summed E-state index contributed by atoms with van der Waals surface area (Å²) < 4.78 is 55.0. The number of ether oxygens (including phenoxy) is 2. The first-order valence-corrected chi connectivity index (χ1v) is 11.9. The minimum atomic E-state index is -4.58. The molecule has 0 aromatic carbocycles. The van der Waals surface area contributed by atoms with Crippen LogP contribution in [-0.4, -0.2) is 48.4 Å². The Labute approximate surface area is 218 Å². The molecule has 0 unspecified atom stereocenters. The van der Waals surface area contributed by atoms with Gasteiger partial charge in [-0.1, -0.05) is 11.6 Å². The summed E-state index contributed by atoms with van der Waals surface area (Å²) >= 11 is 6.61. The molecule has 5 rings (SSSR count). The summed E-state index contributed by atoms with van der Waals surface area (Å²) in [7, 11) is 1.64. The van der Waals surface area contributed by atoms with Gasteiger partial charge in [-0.25, -0.2) is 9.97 Å². The number of anilines is 3. The summed E-state index contributed by atoms with van der Waals surface area (Å²) in [5.74, 6) is 0.740. The van der Waals surface area contributed by atoms with Gasteiger partial charge in [0.25, 0.3) is 0 Å². The molecule has 0 aliphatic carbocycles. The second-order valence-electron chi connectivity index (χ2n) is 8.59. The highest BCUT2D eigenvalue weighted by molar-refractivity contribution is 6.36. The SMILES string of the molecule is CC(=O)Nc1cc(Oc2cnc3nc(Nc4cc(C(F)(F)F)n(C5CCOCC5)n4)n(C)c3c2Cl)ccn1. The molecule has 0 bridgehead atoms. The lowest BCUT2D eigenvalue weighted by atomic mass is 10.1. The number of hydrogen-bond acceptors (Lipinski definition) is 8. The lowest BCUT2D eigenvalue weighted by Gasteiger charge is -2.24. The molecule has 1 aliphatic heterocycles. The fourth-order valence-electron chi connectivity index (χ4n) is 4.14. The minimum Gasteiger partial charge on any atom is -0.454 e. The molecular weight excluding hydrogens is 529 g/mol. The van der Waals surface area contributed by atoms with Crippen molar-refractivity contribution in [3.8, 4) is 11.5 Å². The van der Waals surface area contributed by atoms with Crippen LogP contribution in [0.15, 0.2) is 30.6 Å². The number of imidazole rings is 1. The monoisotopic (exact) mass is 550 g/mol. The van der Waals surface area contributed by atoms with Gasteiger partial charge in [-0.2, -0.15) is 23.3 Å². The highest BCUT2D eigenvalue weighted by Crippen LogP contribution is 2.38. The van der Waals surface area contributed by atoms with Crippen molar-refractivity contribution < 1.29 is 27.4 Å². The number of alkyl halides is 3. The molecule has 1 aliphatic rings. The molecular formula is C23H22ClF3N8O3. The number of fused-ring (bicyclic) bond motifs is 1. The number of hydrogen-bond donors (Lipinski definition) is 2. The van der Waals surface area contributed by atoms with Crippen LogP contribution in [0.25, 0.3) is 11.2 Å². The van der Waals surface area contributed by atoms with Crippen LogP contribution < -0.4 is 15.4 Å². The molecule has 1 fully saturated rings. The van der Waals surface area contributed by atoms with Gasteiger partial charge < -0.3 is 24.7 Å². The Morgan fingerprint density at radius 2 is 1.97 bits per heavy atom. The summed E-state index contributed by atoms with van der Waals surface area (Å²) in [4.78, 5) is 24.0. The zero-order chi connectivity index (χ0) is 27.0. The van der Waals surface area contributed by atoms with Crippen LogP contribution in [0.2, 0.25) is 5.02 Å². The quantitative estimate of drug-likeness (QED) is 0.341. The van der Waals surface area contributed by atoms with Crippen molar-refractivity contribution in [2.75, 3.05) is 23.8 Å². The van der Waals surface area contributed by atoms with Gasteiger partial charge >= 0.3 is 6.18 Å². The molecule has 1 saturated heterocycles. The van der Waals surface area contributed by atoms with E-state index in [-0.39, 0.29) is 34.1 Å². The van der Waals surface area contributed by atoms with E-state index in [0.29, 0.717) is 43.1 Å². The molecule has 11 nitrogen and oxygen atoms in total. The van der Waals surface area contributed by atoms with Crippen LogP contribution in [0.3, 0.4) is 0 Å². The van der Waals surface area contributed by atoms with E-state index >= 15 is 0 Å². The number of aryl methyl sites for hydroxylation is 1. The maximum Gasteiger partial charge on any atom is 0.433 e. The Hall–Kier alpha value is -3.91. The predicted molar refractivity (Wildman–Crippen MR) is 132 cm³/mol. The van der Waals surface area contributed by atoms with Gasteiger partial charge in [-0.15, -0.1) is 0 Å². The van der Waals surface area contributed by atoms with Crippen molar-refractivity contribution in [1.82, 2.24) is 29.3 Å². The molecule has 1 amide bonds. The van der Waals surface area contributed by atoms with Crippen molar-refractivity contribution in [1.29, 1.82) is 0 Å². The summed E-state index contributed by atoms with van der Waals surface area (Å²) in [6.45, 7) is 2.10. The lowest BCUT2D eigenvalue weighted by Crippen LogP contribution is -2.25. The van der Waals surface area contributed by atoms with Gasteiger partial charge in [0.15, 0.2) is 17.2 Å². The van der Waals surface area contributed by atoms with Crippen molar-refractivity contribution in [2.24, 2.45) is 7.05 Å². The van der Waals surface area contributed by atoms with Crippen molar-refractivity contribution in [3.63, 3.8) is 0 Å². The zero-order valence-electron chi connectivity index (χ0n) is 20.2. The molecule has 0 saturated carbocycles. The normalized spacial score (nSPS) is 14.6. The Balaban J connectivity index is 1.44. The van der Waals surface area contributed by atoms with Crippen LogP contribution in [0.5, 0.6) is 11.5 Å². The van der Waals surface area contributed by atoms with Crippen LogP contribution in [-0.2, 0) is 22.8 Å². The zero-order valence-corrected chi connectivity index (χ0v) is 21.0. The molecule has 38 heavy (non-hydrogen) atoms. The fraction of sp³-hybridized carbons (Fsp3) is 0.348. The first-order valence-electron chi connectivity index (χ1n) is 11.5. The highest BCUT2D eigenvalue weighted by atomic mass is 35.5. The third-order valence-corrected chi connectivity index (χ3v) is 6.24. The molecule has 0 spiro atoms. The van der Waals surface area contributed by atoms with Gasteiger partial charge in [-0.05, 0) is 18.9 Å². The van der Waals surface area contributed by atoms with Gasteiger partial charge in [-0.3, -0.25) is 9.48 Å². The maximum atomic E-state index is 13.8. The summed E-state index contributed by atoms with van der Waals surface area (Å²) in [5.41, 5.74) is -0.211. The fourth-order valence-corrected chi connectivity index (χ4v) is 4.43. The number of carbonyl (C=O) groups is 1. The van der Waals surface area contributed by atoms with Gasteiger partial charge in [0.2, 0.25) is 11.9 Å². The van der Waals surface area contributed by atoms with Gasteiger partial charge in [0.05, 0.1) is 12.2 Å². The van der Waals surface area contributed by atoms with E-state index in [1.165, 1.54) is 25.4 Å². The smallest absolute Gasteiger partial charge is 0.433 e. The summed E-state index contributed by atoms with van der Waals surface area (Å²) in [6, 6.07) is 3.63. The maximum absolute atomic E-state index is 13.8. The topological polar surface area (TPSA) is 121 Å². The van der Waals surface area contributed by atoms with Gasteiger partial charge in [0, 0.05) is 45.5 Å². The molecule has 5 heterocycles. The number of rotatable bonds is 6. The average Bonchev–Trinajstić information content (AvgIpc) is 3.43. The van der Waals surface area contributed by atoms with E-state index in [2.05, 4.69) is 30.7 Å². The first kappa shape index (κ1) is 25.7. The second kappa shape index (κ2) is 10.1. The van der Waals surface area contributed by atoms with Gasteiger partial charge in [0.1, 0.15) is 27.8 Å². The van der Waals surface area contributed by atoms with E-state index in [0.717, 1.165) is 10.7 Å². The number of amides is 1.